The molecular formula is C14H15NO2. The fourth-order valence-electron chi connectivity index (χ4n) is 1.95. The molecule has 0 bridgehead atoms. The summed E-state index contributed by atoms with van der Waals surface area (Å²) in [4.78, 5) is 11.7. The van der Waals surface area contributed by atoms with Crippen LogP contribution in [0.2, 0.25) is 0 Å². The first-order valence-corrected chi connectivity index (χ1v) is 5.56. The lowest BCUT2D eigenvalue weighted by atomic mass is 9.99. The van der Waals surface area contributed by atoms with Gasteiger partial charge in [-0.1, -0.05) is 30.3 Å². The third-order valence-electron chi connectivity index (χ3n) is 2.79. The molecule has 0 amide bonds. The lowest BCUT2D eigenvalue weighted by Gasteiger charge is -2.09. The van der Waals surface area contributed by atoms with Crippen LogP contribution in [0.1, 0.15) is 15.9 Å². The third-order valence-corrected chi connectivity index (χ3v) is 2.79. The molecule has 2 aromatic rings. The van der Waals surface area contributed by atoms with Crippen LogP contribution in [-0.2, 0) is 11.2 Å². The topological polar surface area (TPSA) is 52.3 Å². The van der Waals surface area contributed by atoms with Crippen molar-refractivity contribution in [2.75, 3.05) is 13.7 Å². The maximum Gasteiger partial charge on any atom is 0.338 e. The number of hydrogen-bond acceptors (Lipinski definition) is 3. The van der Waals surface area contributed by atoms with Crippen LogP contribution in [0.5, 0.6) is 0 Å². The van der Waals surface area contributed by atoms with Crippen molar-refractivity contribution in [1.82, 2.24) is 0 Å². The summed E-state index contributed by atoms with van der Waals surface area (Å²) >= 11 is 0. The van der Waals surface area contributed by atoms with Crippen molar-refractivity contribution in [3.63, 3.8) is 0 Å². The van der Waals surface area contributed by atoms with Gasteiger partial charge in [-0.3, -0.25) is 0 Å². The molecular weight excluding hydrogens is 214 g/mol. The number of rotatable bonds is 3. The molecule has 0 saturated carbocycles. The molecule has 0 aromatic heterocycles. The second kappa shape index (κ2) is 4.97. The highest BCUT2D eigenvalue weighted by atomic mass is 16.5. The Balaban J connectivity index is 2.61. The first kappa shape index (κ1) is 11.6. The minimum Gasteiger partial charge on any atom is -0.465 e. The SMILES string of the molecule is COC(=O)c1cc2ccccc2cc1CCN. The molecule has 2 aromatic carbocycles. The first-order chi connectivity index (χ1) is 8.26. The van der Waals surface area contributed by atoms with Gasteiger partial charge in [0.25, 0.3) is 0 Å². The summed E-state index contributed by atoms with van der Waals surface area (Å²) in [5, 5.41) is 2.15. The number of methoxy groups -OCH3 is 1. The first-order valence-electron chi connectivity index (χ1n) is 5.56. The quantitative estimate of drug-likeness (QED) is 0.820. The van der Waals surface area contributed by atoms with E-state index in [1.165, 1.54) is 7.11 Å². The van der Waals surface area contributed by atoms with Crippen molar-refractivity contribution in [2.24, 2.45) is 5.73 Å². The smallest absolute Gasteiger partial charge is 0.338 e. The van der Waals surface area contributed by atoms with Crippen molar-refractivity contribution >= 4 is 16.7 Å². The van der Waals surface area contributed by atoms with E-state index in [1.54, 1.807) is 0 Å². The minimum atomic E-state index is -0.306. The van der Waals surface area contributed by atoms with Gasteiger partial charge in [-0.05, 0) is 35.4 Å². The molecule has 0 radical (unpaired) electrons. The van der Waals surface area contributed by atoms with Gasteiger partial charge >= 0.3 is 5.97 Å². The molecule has 0 aliphatic rings. The van der Waals surface area contributed by atoms with Gasteiger partial charge in [0.05, 0.1) is 12.7 Å². The molecule has 17 heavy (non-hydrogen) atoms. The molecule has 0 aliphatic heterocycles. The highest BCUT2D eigenvalue weighted by Crippen LogP contribution is 2.21. The van der Waals surface area contributed by atoms with Crippen LogP contribution in [0.25, 0.3) is 10.8 Å². The Morgan fingerprint density at radius 1 is 1.24 bits per heavy atom. The van der Waals surface area contributed by atoms with Gasteiger partial charge in [-0.2, -0.15) is 0 Å². The van der Waals surface area contributed by atoms with Crippen LogP contribution >= 0.6 is 0 Å². The van der Waals surface area contributed by atoms with E-state index in [4.69, 9.17) is 10.5 Å². The number of carbonyl (C=O) groups excluding carboxylic acids is 1. The van der Waals surface area contributed by atoms with Crippen molar-refractivity contribution in [2.45, 2.75) is 6.42 Å². The molecule has 0 saturated heterocycles. The standard InChI is InChI=1S/C14H15NO2/c1-17-14(16)13-9-11-5-3-2-4-10(11)8-12(13)6-7-15/h2-5,8-9H,6-7,15H2,1H3. The number of carbonyl (C=O) groups is 1. The van der Waals surface area contributed by atoms with Gasteiger partial charge in [0.1, 0.15) is 0 Å². The van der Waals surface area contributed by atoms with E-state index in [2.05, 4.69) is 0 Å². The highest BCUT2D eigenvalue weighted by molar-refractivity contribution is 5.97. The van der Waals surface area contributed by atoms with Gasteiger partial charge in [0.15, 0.2) is 0 Å². The zero-order valence-corrected chi connectivity index (χ0v) is 9.77. The third kappa shape index (κ3) is 2.29. The van der Waals surface area contributed by atoms with Gasteiger partial charge in [0.2, 0.25) is 0 Å². The van der Waals surface area contributed by atoms with Crippen molar-refractivity contribution in [3.05, 3.63) is 47.5 Å². The lowest BCUT2D eigenvalue weighted by molar-refractivity contribution is 0.0599. The molecule has 0 atom stereocenters. The zero-order chi connectivity index (χ0) is 12.3. The summed E-state index contributed by atoms with van der Waals surface area (Å²) < 4.78 is 4.79. The Bertz CT molecular complexity index is 549. The van der Waals surface area contributed by atoms with Gasteiger partial charge in [-0.25, -0.2) is 4.79 Å². The van der Waals surface area contributed by atoms with E-state index in [0.29, 0.717) is 18.5 Å². The van der Waals surface area contributed by atoms with Crippen LogP contribution in [0.3, 0.4) is 0 Å². The molecule has 2 N–H and O–H groups in total. The van der Waals surface area contributed by atoms with Crippen LogP contribution in [0.15, 0.2) is 36.4 Å². The summed E-state index contributed by atoms with van der Waals surface area (Å²) in [5.41, 5.74) is 7.11. The van der Waals surface area contributed by atoms with E-state index >= 15 is 0 Å². The fourth-order valence-corrected chi connectivity index (χ4v) is 1.95. The fraction of sp³-hybridized carbons (Fsp3) is 0.214. The maximum absolute atomic E-state index is 11.7. The van der Waals surface area contributed by atoms with E-state index in [1.807, 2.05) is 36.4 Å². The van der Waals surface area contributed by atoms with Crippen molar-refractivity contribution < 1.29 is 9.53 Å². The minimum absolute atomic E-state index is 0.306. The Hall–Kier alpha value is -1.87. The molecule has 0 unspecified atom stereocenters. The summed E-state index contributed by atoms with van der Waals surface area (Å²) in [5.74, 6) is -0.306. The monoisotopic (exact) mass is 229 g/mol. The summed E-state index contributed by atoms with van der Waals surface area (Å²) in [6.45, 7) is 0.516. The Kier molecular flexibility index (Phi) is 3.40. The number of nitrogens with two attached hydrogens (primary N) is 1. The van der Waals surface area contributed by atoms with Gasteiger partial charge in [-0.15, -0.1) is 0 Å². The van der Waals surface area contributed by atoms with Crippen LogP contribution in [-0.4, -0.2) is 19.6 Å². The lowest BCUT2D eigenvalue weighted by Crippen LogP contribution is -2.10. The van der Waals surface area contributed by atoms with Crippen molar-refractivity contribution in [3.8, 4) is 0 Å². The average molecular weight is 229 g/mol. The number of fused-ring (bicyclic) bond motifs is 1. The number of benzene rings is 2. The normalized spacial score (nSPS) is 10.5. The molecule has 3 heteroatoms. The van der Waals surface area contributed by atoms with E-state index in [9.17, 15) is 4.79 Å². The summed E-state index contributed by atoms with van der Waals surface area (Å²) in [7, 11) is 1.39. The van der Waals surface area contributed by atoms with Crippen LogP contribution in [0, 0.1) is 0 Å². The van der Waals surface area contributed by atoms with E-state index < -0.39 is 0 Å². The molecule has 0 spiro atoms. The highest BCUT2D eigenvalue weighted by Gasteiger charge is 2.12. The number of esters is 1. The van der Waals surface area contributed by atoms with Crippen LogP contribution in [0.4, 0.5) is 0 Å². The number of ether oxygens (including phenoxy) is 1. The van der Waals surface area contributed by atoms with E-state index in [0.717, 1.165) is 16.3 Å². The molecule has 0 heterocycles. The second-order valence-electron chi connectivity index (χ2n) is 3.89. The zero-order valence-electron chi connectivity index (χ0n) is 9.77. The molecule has 3 nitrogen and oxygen atoms in total. The van der Waals surface area contributed by atoms with E-state index in [-0.39, 0.29) is 5.97 Å². The summed E-state index contributed by atoms with van der Waals surface area (Å²) in [6, 6.07) is 11.8. The van der Waals surface area contributed by atoms with Crippen LogP contribution < -0.4 is 5.73 Å². The largest absolute Gasteiger partial charge is 0.465 e. The maximum atomic E-state index is 11.7. The molecule has 88 valence electrons. The summed E-state index contributed by atoms with van der Waals surface area (Å²) in [6.07, 6.45) is 0.676. The predicted molar refractivity (Wildman–Crippen MR) is 68.0 cm³/mol. The average Bonchev–Trinajstić information content (AvgIpc) is 2.37. The Morgan fingerprint density at radius 3 is 2.47 bits per heavy atom. The molecule has 2 rings (SSSR count). The molecule has 0 aliphatic carbocycles. The second-order valence-corrected chi connectivity index (χ2v) is 3.89. The van der Waals surface area contributed by atoms with Gasteiger partial charge in [0, 0.05) is 0 Å². The Morgan fingerprint density at radius 2 is 1.88 bits per heavy atom. The molecule has 0 fully saturated rings. The van der Waals surface area contributed by atoms with Gasteiger partial charge < -0.3 is 10.5 Å². The number of hydrogen-bond donors (Lipinski definition) is 1. The van der Waals surface area contributed by atoms with Crippen molar-refractivity contribution in [1.29, 1.82) is 0 Å². The predicted octanol–water partition coefficient (Wildman–Crippen LogP) is 2.13. The Labute approximate surface area is 100 Å².